The predicted molar refractivity (Wildman–Crippen MR) is 132 cm³/mol. The average molecular weight is 592 g/mol. The van der Waals surface area contributed by atoms with Gasteiger partial charge in [0.1, 0.15) is 12.4 Å². The molecule has 34 heavy (non-hydrogen) atoms. The highest BCUT2D eigenvalue weighted by molar-refractivity contribution is 9.11. The monoisotopic (exact) mass is 590 g/mol. The molecule has 0 bridgehead atoms. The van der Waals surface area contributed by atoms with Crippen LogP contribution in [0.1, 0.15) is 16.7 Å². The molecule has 0 saturated heterocycles. The number of nitro benzene ring substituents is 2. The van der Waals surface area contributed by atoms with Gasteiger partial charge in [-0.3, -0.25) is 25.0 Å². The minimum atomic E-state index is -0.504. The van der Waals surface area contributed by atoms with Crippen LogP contribution in [-0.2, 0) is 17.8 Å². The second kappa shape index (κ2) is 11.5. The molecule has 0 aliphatic heterocycles. The van der Waals surface area contributed by atoms with Crippen molar-refractivity contribution in [2.24, 2.45) is 5.10 Å². The van der Waals surface area contributed by atoms with Crippen molar-refractivity contribution in [1.82, 2.24) is 5.43 Å². The molecule has 0 atom stereocenters. The number of carbonyl (C=O) groups is 1. The zero-order valence-electron chi connectivity index (χ0n) is 17.3. The Morgan fingerprint density at radius 2 is 1.41 bits per heavy atom. The fourth-order valence-electron chi connectivity index (χ4n) is 2.80. The lowest BCUT2D eigenvalue weighted by atomic mass is 10.1. The van der Waals surface area contributed by atoms with E-state index in [4.69, 9.17) is 4.74 Å². The van der Waals surface area contributed by atoms with Crippen molar-refractivity contribution in [3.8, 4) is 5.75 Å². The highest BCUT2D eigenvalue weighted by atomic mass is 79.9. The third kappa shape index (κ3) is 6.93. The number of halogens is 2. The molecule has 174 valence electrons. The van der Waals surface area contributed by atoms with Crippen LogP contribution >= 0.6 is 31.9 Å². The first-order chi connectivity index (χ1) is 16.2. The molecule has 0 unspecified atom stereocenters. The number of nitrogens with one attached hydrogen (secondary N) is 1. The van der Waals surface area contributed by atoms with Crippen LogP contribution in [0.2, 0.25) is 0 Å². The smallest absolute Gasteiger partial charge is 0.269 e. The largest absolute Gasteiger partial charge is 0.487 e. The third-order valence-electron chi connectivity index (χ3n) is 4.47. The van der Waals surface area contributed by atoms with E-state index >= 15 is 0 Å². The Bertz CT molecular complexity index is 1220. The van der Waals surface area contributed by atoms with E-state index in [0.29, 0.717) is 25.8 Å². The number of ether oxygens (including phenoxy) is 1. The van der Waals surface area contributed by atoms with Gasteiger partial charge in [-0.25, -0.2) is 5.43 Å². The topological polar surface area (TPSA) is 137 Å². The standard InChI is InChI=1S/C22H16Br2N4O6/c23-19-9-16(12-25-26-21(29)11-14-1-5-17(6-2-14)27(30)31)10-20(24)22(19)34-13-15-3-7-18(8-4-15)28(32)33/h1-10,12H,11,13H2,(H,26,29)/b25-12-. The van der Waals surface area contributed by atoms with Crippen LogP contribution in [0.15, 0.2) is 74.7 Å². The summed E-state index contributed by atoms with van der Waals surface area (Å²) in [6.45, 7) is 0.210. The summed E-state index contributed by atoms with van der Waals surface area (Å²) >= 11 is 6.88. The summed E-state index contributed by atoms with van der Waals surface area (Å²) in [6, 6.07) is 15.3. The van der Waals surface area contributed by atoms with Crippen molar-refractivity contribution in [3.05, 3.63) is 107 Å². The molecule has 0 aliphatic rings. The van der Waals surface area contributed by atoms with Crippen molar-refractivity contribution >= 4 is 55.4 Å². The Hall–Kier alpha value is -3.64. The normalized spacial score (nSPS) is 10.8. The van der Waals surface area contributed by atoms with E-state index in [2.05, 4.69) is 42.4 Å². The number of nitrogens with zero attached hydrogens (tertiary/aromatic N) is 3. The maximum absolute atomic E-state index is 12.1. The first-order valence-corrected chi connectivity index (χ1v) is 11.2. The number of nitro groups is 2. The van der Waals surface area contributed by atoms with Crippen molar-refractivity contribution in [3.63, 3.8) is 0 Å². The van der Waals surface area contributed by atoms with Gasteiger partial charge in [0.05, 0.1) is 31.4 Å². The Morgan fingerprint density at radius 1 is 0.912 bits per heavy atom. The van der Waals surface area contributed by atoms with Gasteiger partial charge in [-0.05, 0) is 72.8 Å². The van der Waals surface area contributed by atoms with Gasteiger partial charge in [-0.15, -0.1) is 0 Å². The van der Waals surface area contributed by atoms with Gasteiger partial charge in [0.25, 0.3) is 11.4 Å². The van der Waals surface area contributed by atoms with Crippen LogP contribution in [0, 0.1) is 20.2 Å². The molecule has 3 aromatic carbocycles. The van der Waals surface area contributed by atoms with Gasteiger partial charge in [-0.1, -0.05) is 12.1 Å². The number of rotatable bonds is 9. The van der Waals surface area contributed by atoms with Gasteiger partial charge >= 0.3 is 0 Å². The van der Waals surface area contributed by atoms with E-state index < -0.39 is 9.85 Å². The van der Waals surface area contributed by atoms with E-state index in [1.807, 2.05) is 0 Å². The molecule has 0 spiro atoms. The maximum atomic E-state index is 12.1. The molecule has 3 aromatic rings. The number of benzene rings is 3. The number of hydrazone groups is 1. The second-order valence-electron chi connectivity index (χ2n) is 6.92. The van der Waals surface area contributed by atoms with Gasteiger partial charge in [0.2, 0.25) is 5.91 Å². The molecular formula is C22H16Br2N4O6. The first-order valence-electron chi connectivity index (χ1n) is 9.63. The molecule has 0 heterocycles. The summed E-state index contributed by atoms with van der Waals surface area (Å²) in [4.78, 5) is 32.5. The zero-order valence-corrected chi connectivity index (χ0v) is 20.5. The van der Waals surface area contributed by atoms with Crippen LogP contribution in [0.5, 0.6) is 5.75 Å². The maximum Gasteiger partial charge on any atom is 0.269 e. The highest BCUT2D eigenvalue weighted by Crippen LogP contribution is 2.35. The van der Waals surface area contributed by atoms with E-state index in [1.54, 1.807) is 24.3 Å². The van der Waals surface area contributed by atoms with Gasteiger partial charge in [0, 0.05) is 24.3 Å². The van der Waals surface area contributed by atoms with Crippen LogP contribution < -0.4 is 10.2 Å². The molecule has 0 aliphatic carbocycles. The molecule has 10 nitrogen and oxygen atoms in total. The minimum absolute atomic E-state index is 0.00888. The highest BCUT2D eigenvalue weighted by Gasteiger charge is 2.11. The molecule has 0 aromatic heterocycles. The summed E-state index contributed by atoms with van der Waals surface area (Å²) in [5.74, 6) is 0.170. The summed E-state index contributed by atoms with van der Waals surface area (Å²) in [7, 11) is 0. The summed E-state index contributed by atoms with van der Waals surface area (Å²) in [6.07, 6.45) is 1.49. The minimum Gasteiger partial charge on any atom is -0.487 e. The fourth-order valence-corrected chi connectivity index (χ4v) is 4.25. The van der Waals surface area contributed by atoms with Crippen LogP contribution in [-0.4, -0.2) is 22.0 Å². The Kier molecular flexibility index (Phi) is 8.44. The average Bonchev–Trinajstić information content (AvgIpc) is 2.79. The van der Waals surface area contributed by atoms with E-state index in [-0.39, 0.29) is 30.3 Å². The SMILES string of the molecule is O=C(Cc1ccc([N+](=O)[O-])cc1)N/N=C\c1cc(Br)c(OCc2ccc([N+](=O)[O-])cc2)c(Br)c1. The number of hydrogen-bond acceptors (Lipinski definition) is 7. The van der Waals surface area contributed by atoms with Crippen LogP contribution in [0.25, 0.3) is 0 Å². The quantitative estimate of drug-likeness (QED) is 0.204. The Balaban J connectivity index is 1.56. The molecule has 0 fully saturated rings. The number of non-ortho nitro benzene ring substituents is 2. The molecular weight excluding hydrogens is 576 g/mol. The predicted octanol–water partition coefficient (Wildman–Crippen LogP) is 5.30. The molecule has 3 rings (SSSR count). The van der Waals surface area contributed by atoms with E-state index in [9.17, 15) is 25.0 Å². The third-order valence-corrected chi connectivity index (χ3v) is 5.64. The van der Waals surface area contributed by atoms with Crippen molar-refractivity contribution in [1.29, 1.82) is 0 Å². The first kappa shape index (κ1) is 25.0. The van der Waals surface area contributed by atoms with Gasteiger partial charge in [-0.2, -0.15) is 5.10 Å². The van der Waals surface area contributed by atoms with Gasteiger partial charge in [0.15, 0.2) is 0 Å². The van der Waals surface area contributed by atoms with Gasteiger partial charge < -0.3 is 4.74 Å². The fraction of sp³-hybridized carbons (Fsp3) is 0.0909. The number of carbonyl (C=O) groups excluding carboxylic acids is 1. The Morgan fingerprint density at radius 3 is 1.91 bits per heavy atom. The molecule has 1 amide bonds. The van der Waals surface area contributed by atoms with Crippen LogP contribution in [0.4, 0.5) is 11.4 Å². The lowest BCUT2D eigenvalue weighted by Gasteiger charge is -2.11. The molecule has 0 radical (unpaired) electrons. The Labute approximate surface area is 210 Å². The zero-order chi connectivity index (χ0) is 24.7. The molecule has 1 N–H and O–H groups in total. The lowest BCUT2D eigenvalue weighted by molar-refractivity contribution is -0.385. The van der Waals surface area contributed by atoms with Crippen LogP contribution in [0.3, 0.4) is 0 Å². The number of amides is 1. The van der Waals surface area contributed by atoms with Crippen molar-refractivity contribution in [2.45, 2.75) is 13.0 Å². The van der Waals surface area contributed by atoms with E-state index in [1.165, 1.54) is 42.6 Å². The number of hydrogen-bond donors (Lipinski definition) is 1. The van der Waals surface area contributed by atoms with Crippen molar-refractivity contribution in [2.75, 3.05) is 0 Å². The van der Waals surface area contributed by atoms with Crippen molar-refractivity contribution < 1.29 is 19.4 Å². The molecule has 12 heteroatoms. The summed E-state index contributed by atoms with van der Waals surface area (Å²) < 4.78 is 7.10. The summed E-state index contributed by atoms with van der Waals surface area (Å²) in [5, 5.41) is 25.4. The van der Waals surface area contributed by atoms with E-state index in [0.717, 1.165) is 5.56 Å². The summed E-state index contributed by atoms with van der Waals surface area (Å²) in [5.41, 5.74) is 4.45. The lowest BCUT2D eigenvalue weighted by Crippen LogP contribution is -2.19. The second-order valence-corrected chi connectivity index (χ2v) is 8.63. The molecule has 0 saturated carbocycles.